The lowest BCUT2D eigenvalue weighted by atomic mass is 9.96. The highest BCUT2D eigenvalue weighted by Gasteiger charge is 2.39. The average molecular weight is 363 g/mol. The fourth-order valence-electron chi connectivity index (χ4n) is 3.85. The van der Waals surface area contributed by atoms with Gasteiger partial charge in [-0.1, -0.05) is 32.4 Å². The molecular formula is C18H26N4S2. The van der Waals surface area contributed by atoms with Crippen molar-refractivity contribution in [2.45, 2.75) is 51.5 Å². The number of nitrogens with one attached hydrogen (secondary N) is 4. The summed E-state index contributed by atoms with van der Waals surface area (Å²) in [5.74, 6) is 2.22. The van der Waals surface area contributed by atoms with Crippen molar-refractivity contribution in [3.8, 4) is 0 Å². The lowest BCUT2D eigenvalue weighted by Gasteiger charge is -2.24. The van der Waals surface area contributed by atoms with Gasteiger partial charge in [-0.3, -0.25) is 10.9 Å². The minimum Gasteiger partial charge on any atom is -0.358 e. The third kappa shape index (κ3) is 4.36. The highest BCUT2D eigenvalue weighted by Crippen LogP contribution is 2.44. The molecule has 2 aliphatic carbocycles. The number of benzene rings is 1. The summed E-state index contributed by atoms with van der Waals surface area (Å²) in [5, 5.41) is 7.70. The van der Waals surface area contributed by atoms with Gasteiger partial charge in [0, 0.05) is 11.7 Å². The first-order valence-corrected chi connectivity index (χ1v) is 9.56. The van der Waals surface area contributed by atoms with Crippen LogP contribution in [0, 0.1) is 11.8 Å². The second-order valence-corrected chi connectivity index (χ2v) is 8.05. The Morgan fingerprint density at radius 1 is 1.00 bits per heavy atom. The van der Waals surface area contributed by atoms with E-state index in [-0.39, 0.29) is 0 Å². The molecule has 1 aromatic carbocycles. The molecule has 4 N–H and O–H groups in total. The van der Waals surface area contributed by atoms with Crippen LogP contribution in [0.3, 0.4) is 0 Å². The molecule has 3 rings (SSSR count). The van der Waals surface area contributed by atoms with E-state index in [1.165, 1.54) is 31.2 Å². The number of rotatable bonds is 3. The first-order valence-electron chi connectivity index (χ1n) is 8.74. The van der Waals surface area contributed by atoms with Crippen LogP contribution in [0.5, 0.6) is 0 Å². The predicted octanol–water partition coefficient (Wildman–Crippen LogP) is 3.66. The minimum absolute atomic E-state index is 0.504. The summed E-state index contributed by atoms with van der Waals surface area (Å²) in [4.78, 5) is 0. The van der Waals surface area contributed by atoms with Gasteiger partial charge in [0.2, 0.25) is 0 Å². The molecule has 0 aromatic heterocycles. The molecular weight excluding hydrogens is 336 g/mol. The third-order valence-corrected chi connectivity index (χ3v) is 5.60. The van der Waals surface area contributed by atoms with Gasteiger partial charge in [-0.2, -0.15) is 0 Å². The van der Waals surface area contributed by atoms with Crippen molar-refractivity contribution in [2.75, 3.05) is 5.32 Å². The number of thiocarbonyl (C=S) groups is 2. The van der Waals surface area contributed by atoms with Crippen molar-refractivity contribution < 1.29 is 0 Å². The van der Waals surface area contributed by atoms with Crippen LogP contribution in [0.4, 0.5) is 5.69 Å². The number of fused-ring (bicyclic) bond motifs is 2. The Morgan fingerprint density at radius 3 is 2.29 bits per heavy atom. The first kappa shape index (κ1) is 17.4. The molecule has 4 nitrogen and oxygen atoms in total. The highest BCUT2D eigenvalue weighted by molar-refractivity contribution is 7.80. The van der Waals surface area contributed by atoms with Gasteiger partial charge in [0.05, 0.1) is 0 Å². The Kier molecular flexibility index (Phi) is 5.56. The molecule has 130 valence electrons. The van der Waals surface area contributed by atoms with E-state index in [4.69, 9.17) is 24.4 Å². The zero-order chi connectivity index (χ0) is 17.1. The number of hydrogen-bond donors (Lipinski definition) is 4. The first-order chi connectivity index (χ1) is 11.5. The van der Waals surface area contributed by atoms with Gasteiger partial charge in [-0.05, 0) is 79.1 Å². The number of anilines is 1. The molecule has 1 aromatic rings. The summed E-state index contributed by atoms with van der Waals surface area (Å²) in [5.41, 5.74) is 8.22. The predicted molar refractivity (Wildman–Crippen MR) is 108 cm³/mol. The zero-order valence-electron chi connectivity index (χ0n) is 14.3. The minimum atomic E-state index is 0.504. The fourth-order valence-corrected chi connectivity index (χ4v) is 4.22. The maximum absolute atomic E-state index is 5.36. The van der Waals surface area contributed by atoms with Crippen molar-refractivity contribution in [1.82, 2.24) is 16.2 Å². The summed E-state index contributed by atoms with van der Waals surface area (Å²) in [6.45, 7) is 4.37. The van der Waals surface area contributed by atoms with E-state index >= 15 is 0 Å². The Morgan fingerprint density at radius 2 is 1.71 bits per heavy atom. The van der Waals surface area contributed by atoms with E-state index in [1.54, 1.807) is 0 Å². The van der Waals surface area contributed by atoms with Crippen LogP contribution >= 0.6 is 24.4 Å². The molecule has 0 spiro atoms. The van der Waals surface area contributed by atoms with E-state index in [0.29, 0.717) is 22.2 Å². The molecule has 0 amide bonds. The van der Waals surface area contributed by atoms with Crippen LogP contribution in [0.1, 0.15) is 51.0 Å². The van der Waals surface area contributed by atoms with Gasteiger partial charge < -0.3 is 10.6 Å². The molecule has 2 fully saturated rings. The van der Waals surface area contributed by atoms with E-state index in [9.17, 15) is 0 Å². The van der Waals surface area contributed by atoms with E-state index in [2.05, 4.69) is 47.5 Å². The van der Waals surface area contributed by atoms with Gasteiger partial charge in [0.1, 0.15) is 0 Å². The van der Waals surface area contributed by atoms with Crippen molar-refractivity contribution in [3.05, 3.63) is 29.8 Å². The average Bonchev–Trinajstić information content (AvgIpc) is 3.16. The lowest BCUT2D eigenvalue weighted by Crippen LogP contribution is -2.51. The highest BCUT2D eigenvalue weighted by atomic mass is 32.1. The smallest absolute Gasteiger partial charge is 0.189 e. The van der Waals surface area contributed by atoms with E-state index < -0.39 is 0 Å². The topological polar surface area (TPSA) is 48.1 Å². The number of hydrazine groups is 1. The van der Waals surface area contributed by atoms with Crippen LogP contribution in [0.25, 0.3) is 0 Å². The molecule has 0 unspecified atom stereocenters. The quantitative estimate of drug-likeness (QED) is 0.486. The Balaban J connectivity index is 1.39. The third-order valence-electron chi connectivity index (χ3n) is 5.18. The molecule has 0 heterocycles. The largest absolute Gasteiger partial charge is 0.358 e. The zero-order valence-corrected chi connectivity index (χ0v) is 15.9. The number of hydrogen-bond acceptors (Lipinski definition) is 2. The van der Waals surface area contributed by atoms with Crippen LogP contribution in [0.15, 0.2) is 24.3 Å². The van der Waals surface area contributed by atoms with E-state index in [1.807, 2.05) is 12.1 Å². The van der Waals surface area contributed by atoms with Gasteiger partial charge in [-0.15, -0.1) is 0 Å². The normalized spacial score (nSPS) is 24.7. The Bertz CT molecular complexity index is 600. The standard InChI is InChI=1S/C18H26N4S2/c1-11(2)13-5-7-15(8-6-13)19-17(23)21-22-18(24)20-16-10-12-3-4-14(16)9-12/h5-8,11-12,14,16H,3-4,9-10H2,1-2H3,(H2,19,21,23)(H2,20,22,24)/t12-,14-,16-/m0/s1. The molecule has 24 heavy (non-hydrogen) atoms. The summed E-state index contributed by atoms with van der Waals surface area (Å²) in [6.07, 6.45) is 5.34. The summed E-state index contributed by atoms with van der Waals surface area (Å²) in [6, 6.07) is 8.83. The van der Waals surface area contributed by atoms with Crippen LogP contribution < -0.4 is 21.5 Å². The Labute approximate surface area is 155 Å². The van der Waals surface area contributed by atoms with Gasteiger partial charge in [-0.25, -0.2) is 0 Å². The van der Waals surface area contributed by atoms with Crippen molar-refractivity contribution in [2.24, 2.45) is 11.8 Å². The summed E-state index contributed by atoms with van der Waals surface area (Å²) in [7, 11) is 0. The second kappa shape index (κ2) is 7.66. The van der Waals surface area contributed by atoms with E-state index in [0.717, 1.165) is 17.5 Å². The fraction of sp³-hybridized carbons (Fsp3) is 0.556. The Hall–Kier alpha value is -1.40. The monoisotopic (exact) mass is 362 g/mol. The maximum atomic E-state index is 5.36. The van der Waals surface area contributed by atoms with Crippen LogP contribution in [-0.4, -0.2) is 16.3 Å². The van der Waals surface area contributed by atoms with Gasteiger partial charge >= 0.3 is 0 Å². The molecule has 2 saturated carbocycles. The molecule has 0 aliphatic heterocycles. The van der Waals surface area contributed by atoms with Crippen LogP contribution in [-0.2, 0) is 0 Å². The summed E-state index contributed by atoms with van der Waals surface area (Å²) < 4.78 is 0. The molecule has 6 heteroatoms. The molecule has 0 saturated heterocycles. The lowest BCUT2D eigenvalue weighted by molar-refractivity contribution is 0.389. The molecule has 3 atom stereocenters. The van der Waals surface area contributed by atoms with Crippen molar-refractivity contribution in [3.63, 3.8) is 0 Å². The second-order valence-electron chi connectivity index (χ2n) is 7.24. The van der Waals surface area contributed by atoms with Gasteiger partial charge in [0.15, 0.2) is 10.2 Å². The van der Waals surface area contributed by atoms with Crippen molar-refractivity contribution >= 4 is 40.3 Å². The SMILES string of the molecule is CC(C)c1ccc(NC(=S)NNC(=S)N[C@H]2C[C@H]3CC[C@H]2C3)cc1. The van der Waals surface area contributed by atoms with Crippen LogP contribution in [0.2, 0.25) is 0 Å². The molecule has 0 radical (unpaired) electrons. The molecule has 2 bridgehead atoms. The van der Waals surface area contributed by atoms with Gasteiger partial charge in [0.25, 0.3) is 0 Å². The molecule has 2 aliphatic rings. The van der Waals surface area contributed by atoms with Crippen molar-refractivity contribution in [1.29, 1.82) is 0 Å². The summed E-state index contributed by atoms with van der Waals surface area (Å²) >= 11 is 10.7. The maximum Gasteiger partial charge on any atom is 0.189 e.